The zero-order chi connectivity index (χ0) is 19.4. The Morgan fingerprint density at radius 1 is 1.26 bits per heavy atom. The van der Waals surface area contributed by atoms with E-state index in [9.17, 15) is 14.4 Å². The summed E-state index contributed by atoms with van der Waals surface area (Å²) in [5.41, 5.74) is 3.28. The van der Waals surface area contributed by atoms with Crippen LogP contribution in [-0.2, 0) is 14.3 Å². The molecule has 4 atom stereocenters. The quantitative estimate of drug-likeness (QED) is 0.505. The van der Waals surface area contributed by atoms with Crippen LogP contribution in [0.4, 0.5) is 4.79 Å². The molecule has 3 aliphatic heterocycles. The molecule has 0 bridgehead atoms. The molecule has 0 radical (unpaired) electrons. The number of thioether (sulfide) groups is 1. The maximum absolute atomic E-state index is 12.7. The number of ether oxygens (including phenoxy) is 1. The number of hydrazine groups is 1. The van der Waals surface area contributed by atoms with Crippen molar-refractivity contribution in [3.05, 3.63) is 0 Å². The monoisotopic (exact) mass is 399 g/mol. The molecule has 0 saturated carbocycles. The minimum absolute atomic E-state index is 0.0609. The number of nitrogens with zero attached hydrogens (tertiary/aromatic N) is 1. The molecule has 152 valence electrons. The first-order valence-corrected chi connectivity index (χ1v) is 10.6. The van der Waals surface area contributed by atoms with Crippen LogP contribution in [0.2, 0.25) is 0 Å². The summed E-state index contributed by atoms with van der Waals surface area (Å²) in [6.45, 7) is 6.31. The largest absolute Gasteiger partial charge is 0.449 e. The van der Waals surface area contributed by atoms with Gasteiger partial charge < -0.3 is 10.1 Å². The maximum atomic E-state index is 12.7. The summed E-state index contributed by atoms with van der Waals surface area (Å²) in [7, 11) is 0. The second-order valence-electron chi connectivity index (χ2n) is 7.65. The second-order valence-corrected chi connectivity index (χ2v) is 8.90. The molecule has 27 heavy (non-hydrogen) atoms. The van der Waals surface area contributed by atoms with E-state index in [0.717, 1.165) is 18.7 Å². The first-order valence-electron chi connectivity index (χ1n) is 9.57. The van der Waals surface area contributed by atoms with Crippen LogP contribution in [0.3, 0.4) is 0 Å². The number of carbonyl (C=O) groups excluding carboxylic acids is 3. The standard InChI is InChI=1S/C17H29N5O4S/c1-10(2)9-26-17(25)21-15(24)12-4-6-27-16(12)20-14(23)11-7-18-13-3-5-19-22(13)8-11/h10-13,16,18-19H,3-9H2,1-2H3,(H,20,23)(H,21,24,25). The molecule has 4 unspecified atom stereocenters. The molecule has 3 amide bonds. The summed E-state index contributed by atoms with van der Waals surface area (Å²) in [6.07, 6.45) is 1.23. The summed E-state index contributed by atoms with van der Waals surface area (Å²) < 4.78 is 5.00. The van der Waals surface area contributed by atoms with E-state index in [4.69, 9.17) is 4.74 Å². The highest BCUT2D eigenvalue weighted by Crippen LogP contribution is 2.31. The van der Waals surface area contributed by atoms with Gasteiger partial charge in [0.1, 0.15) is 0 Å². The van der Waals surface area contributed by atoms with Crippen molar-refractivity contribution in [3.63, 3.8) is 0 Å². The summed E-state index contributed by atoms with van der Waals surface area (Å²) in [4.78, 5) is 36.8. The smallest absolute Gasteiger partial charge is 0.413 e. The molecule has 0 aromatic carbocycles. The molecule has 3 aliphatic rings. The highest BCUT2D eigenvalue weighted by atomic mass is 32.2. The number of hydrogen-bond acceptors (Lipinski definition) is 8. The van der Waals surface area contributed by atoms with Gasteiger partial charge in [-0.1, -0.05) is 13.8 Å². The average Bonchev–Trinajstić information content (AvgIpc) is 3.28. The van der Waals surface area contributed by atoms with Crippen molar-refractivity contribution in [2.24, 2.45) is 17.8 Å². The van der Waals surface area contributed by atoms with Gasteiger partial charge in [-0.3, -0.25) is 25.6 Å². The lowest BCUT2D eigenvalue weighted by Gasteiger charge is -2.35. The molecular weight excluding hydrogens is 370 g/mol. The van der Waals surface area contributed by atoms with Crippen molar-refractivity contribution < 1.29 is 19.1 Å². The van der Waals surface area contributed by atoms with E-state index in [1.807, 2.05) is 13.8 Å². The number of imide groups is 1. The number of amides is 3. The third-order valence-electron chi connectivity index (χ3n) is 4.98. The Hall–Kier alpha value is -1.36. The van der Waals surface area contributed by atoms with Gasteiger partial charge >= 0.3 is 6.09 Å². The van der Waals surface area contributed by atoms with Crippen LogP contribution in [0.1, 0.15) is 26.7 Å². The molecule has 0 aliphatic carbocycles. The van der Waals surface area contributed by atoms with Gasteiger partial charge in [0.15, 0.2) is 0 Å². The van der Waals surface area contributed by atoms with Crippen LogP contribution in [0, 0.1) is 17.8 Å². The van der Waals surface area contributed by atoms with Crippen molar-refractivity contribution in [2.75, 3.05) is 32.0 Å². The normalized spacial score (nSPS) is 30.8. The molecule has 3 saturated heterocycles. The Kier molecular flexibility index (Phi) is 6.96. The van der Waals surface area contributed by atoms with Crippen molar-refractivity contribution in [3.8, 4) is 0 Å². The SMILES string of the molecule is CC(C)COC(=O)NC(=O)C1CCSC1NC(=O)C1CNC2CCNN2C1. The summed E-state index contributed by atoms with van der Waals surface area (Å²) in [6, 6.07) is 0. The minimum atomic E-state index is -0.724. The fourth-order valence-electron chi connectivity index (χ4n) is 3.50. The third kappa shape index (κ3) is 5.34. The van der Waals surface area contributed by atoms with Crippen molar-refractivity contribution >= 4 is 29.7 Å². The van der Waals surface area contributed by atoms with Crippen LogP contribution in [0.25, 0.3) is 0 Å². The van der Waals surface area contributed by atoms with Gasteiger partial charge in [-0.25, -0.2) is 9.80 Å². The fraction of sp³-hybridized carbons (Fsp3) is 0.824. The van der Waals surface area contributed by atoms with Crippen LogP contribution in [0.15, 0.2) is 0 Å². The van der Waals surface area contributed by atoms with E-state index in [2.05, 4.69) is 26.4 Å². The first kappa shape index (κ1) is 20.4. The van der Waals surface area contributed by atoms with Gasteiger partial charge in [0, 0.05) is 19.6 Å². The number of rotatable bonds is 5. The predicted octanol–water partition coefficient (Wildman–Crippen LogP) is -0.154. The Morgan fingerprint density at radius 2 is 2.07 bits per heavy atom. The lowest BCUT2D eigenvalue weighted by molar-refractivity contribution is -0.128. The van der Waals surface area contributed by atoms with Gasteiger partial charge in [0.2, 0.25) is 11.8 Å². The van der Waals surface area contributed by atoms with E-state index in [1.165, 1.54) is 0 Å². The number of carbonyl (C=O) groups is 3. The van der Waals surface area contributed by atoms with Gasteiger partial charge in [0.25, 0.3) is 0 Å². The van der Waals surface area contributed by atoms with Crippen LogP contribution in [-0.4, -0.2) is 66.5 Å². The average molecular weight is 400 g/mol. The first-order chi connectivity index (χ1) is 12.9. The summed E-state index contributed by atoms with van der Waals surface area (Å²) in [5.74, 6) is -0.0828. The molecule has 10 heteroatoms. The number of fused-ring (bicyclic) bond motifs is 1. The summed E-state index contributed by atoms with van der Waals surface area (Å²) in [5, 5.41) is 10.4. The predicted molar refractivity (Wildman–Crippen MR) is 101 cm³/mol. The zero-order valence-corrected chi connectivity index (χ0v) is 16.6. The molecule has 0 spiro atoms. The van der Waals surface area contributed by atoms with Gasteiger partial charge in [0.05, 0.1) is 30.0 Å². The fourth-order valence-corrected chi connectivity index (χ4v) is 4.84. The van der Waals surface area contributed by atoms with Crippen molar-refractivity contribution in [1.82, 2.24) is 26.4 Å². The lowest BCUT2D eigenvalue weighted by Crippen LogP contribution is -2.59. The molecule has 3 heterocycles. The van der Waals surface area contributed by atoms with Gasteiger partial charge in [-0.05, 0) is 24.5 Å². The molecular formula is C17H29N5O4S. The van der Waals surface area contributed by atoms with Crippen LogP contribution >= 0.6 is 11.8 Å². The Balaban J connectivity index is 1.48. The van der Waals surface area contributed by atoms with E-state index in [-0.39, 0.29) is 35.6 Å². The molecule has 3 fully saturated rings. The number of alkyl carbamates (subject to hydrolysis) is 1. The van der Waals surface area contributed by atoms with E-state index < -0.39 is 12.0 Å². The highest BCUT2D eigenvalue weighted by Gasteiger charge is 2.39. The number of hydrogen-bond donors (Lipinski definition) is 4. The topological polar surface area (TPSA) is 112 Å². The molecule has 0 aromatic heterocycles. The molecule has 0 aromatic rings. The van der Waals surface area contributed by atoms with Crippen molar-refractivity contribution in [1.29, 1.82) is 0 Å². The van der Waals surface area contributed by atoms with Gasteiger partial charge in [-0.2, -0.15) is 0 Å². The molecule has 3 rings (SSSR count). The Bertz CT molecular complexity index is 576. The molecule has 9 nitrogen and oxygen atoms in total. The zero-order valence-electron chi connectivity index (χ0n) is 15.8. The summed E-state index contributed by atoms with van der Waals surface area (Å²) >= 11 is 1.54. The lowest BCUT2D eigenvalue weighted by atomic mass is 10.0. The third-order valence-corrected chi connectivity index (χ3v) is 6.26. The van der Waals surface area contributed by atoms with Gasteiger partial charge in [-0.15, -0.1) is 11.8 Å². The molecule has 4 N–H and O–H groups in total. The van der Waals surface area contributed by atoms with E-state index >= 15 is 0 Å². The van der Waals surface area contributed by atoms with Crippen LogP contribution < -0.4 is 21.4 Å². The second kappa shape index (κ2) is 9.22. The highest BCUT2D eigenvalue weighted by molar-refractivity contribution is 8.00. The number of nitrogens with one attached hydrogen (secondary N) is 4. The van der Waals surface area contributed by atoms with Crippen LogP contribution in [0.5, 0.6) is 0 Å². The van der Waals surface area contributed by atoms with Crippen molar-refractivity contribution in [2.45, 2.75) is 38.2 Å². The van der Waals surface area contributed by atoms with E-state index in [0.29, 0.717) is 25.7 Å². The minimum Gasteiger partial charge on any atom is -0.449 e. The maximum Gasteiger partial charge on any atom is 0.413 e. The van der Waals surface area contributed by atoms with E-state index in [1.54, 1.807) is 11.8 Å². The Labute approximate surface area is 163 Å². The Morgan fingerprint density at radius 3 is 2.85 bits per heavy atom.